The van der Waals surface area contributed by atoms with Gasteiger partial charge in [0.2, 0.25) is 0 Å². The normalized spacial score (nSPS) is 27.0. The Balaban J connectivity index is 1.85. The molecule has 78 valence electrons. The van der Waals surface area contributed by atoms with Gasteiger partial charge in [-0.25, -0.2) is 0 Å². The summed E-state index contributed by atoms with van der Waals surface area (Å²) in [5.74, 6) is 1.02. The average molecular weight is 249 g/mol. The van der Waals surface area contributed by atoms with Gasteiger partial charge in [0.1, 0.15) is 0 Å². The van der Waals surface area contributed by atoms with Crippen LogP contribution in [0.25, 0.3) is 0 Å². The van der Waals surface area contributed by atoms with E-state index in [-0.39, 0.29) is 0 Å². The quantitative estimate of drug-likeness (QED) is 0.805. The first-order valence-corrected chi connectivity index (χ1v) is 7.03. The van der Waals surface area contributed by atoms with Gasteiger partial charge < -0.3 is 4.74 Å². The maximum atomic E-state index is 6.03. The molecule has 1 saturated heterocycles. The molecule has 1 aliphatic rings. The summed E-state index contributed by atoms with van der Waals surface area (Å²) in [7, 11) is 0. The molecule has 1 nitrogen and oxygen atoms in total. The van der Waals surface area contributed by atoms with Crippen molar-refractivity contribution in [1.29, 1.82) is 0 Å². The van der Waals surface area contributed by atoms with E-state index < -0.39 is 0 Å². The molecule has 1 aliphatic heterocycles. The second-order valence-corrected chi connectivity index (χ2v) is 6.04. The van der Waals surface area contributed by atoms with Crippen LogP contribution in [0.2, 0.25) is 5.02 Å². The van der Waals surface area contributed by atoms with E-state index in [0.29, 0.717) is 11.4 Å². The van der Waals surface area contributed by atoms with Crippen LogP contribution in [0.3, 0.4) is 0 Å². The minimum atomic E-state index is 0.402. The summed E-state index contributed by atoms with van der Waals surface area (Å²) in [6, 6.07) is 1.97. The molecule has 0 aromatic carbocycles. The van der Waals surface area contributed by atoms with Crippen molar-refractivity contribution in [2.24, 2.45) is 0 Å². The molecule has 0 N–H and O–H groups in total. The predicted molar refractivity (Wildman–Crippen MR) is 64.4 cm³/mol. The molecular weight excluding hydrogens is 236 g/mol. The minimum absolute atomic E-state index is 0.402. The van der Waals surface area contributed by atoms with Crippen molar-refractivity contribution >= 4 is 34.7 Å². The van der Waals surface area contributed by atoms with Gasteiger partial charge in [-0.05, 0) is 24.8 Å². The van der Waals surface area contributed by atoms with Crippen LogP contribution < -0.4 is 0 Å². The van der Waals surface area contributed by atoms with E-state index in [1.54, 1.807) is 11.3 Å². The van der Waals surface area contributed by atoms with Crippen LogP contribution in [0.15, 0.2) is 11.4 Å². The lowest BCUT2D eigenvalue weighted by atomic mass is 10.3. The summed E-state index contributed by atoms with van der Waals surface area (Å²) in [5, 5.41) is 3.61. The lowest BCUT2D eigenvalue weighted by molar-refractivity contribution is 0.127. The predicted octanol–water partition coefficient (Wildman–Crippen LogP) is 3.81. The molecule has 1 aromatic heterocycles. The molecule has 0 bridgehead atoms. The molecule has 0 aliphatic carbocycles. The molecule has 0 radical (unpaired) electrons. The van der Waals surface area contributed by atoms with Gasteiger partial charge in [-0.1, -0.05) is 11.6 Å². The standard InChI is InChI=1S/C10H13ClOS2/c1-7-9(2-4-12-7)14-6-10-8(11)3-5-13-10/h3,5,7,9H,2,4,6H2,1H3/t7-,9+/m0/s1. The summed E-state index contributed by atoms with van der Waals surface area (Å²) < 4.78 is 5.52. The highest BCUT2D eigenvalue weighted by Crippen LogP contribution is 2.33. The zero-order valence-corrected chi connectivity index (χ0v) is 10.4. The highest BCUT2D eigenvalue weighted by molar-refractivity contribution is 7.99. The third-order valence-corrected chi connectivity index (χ3v) is 5.50. The van der Waals surface area contributed by atoms with Crippen LogP contribution in [0.1, 0.15) is 18.2 Å². The zero-order valence-electron chi connectivity index (χ0n) is 8.03. The van der Waals surface area contributed by atoms with E-state index in [1.165, 1.54) is 11.3 Å². The van der Waals surface area contributed by atoms with E-state index in [9.17, 15) is 0 Å². The Morgan fingerprint density at radius 2 is 2.57 bits per heavy atom. The third-order valence-electron chi connectivity index (χ3n) is 2.43. The Bertz CT molecular complexity index is 300. The molecule has 2 rings (SSSR count). The molecule has 1 fully saturated rings. The molecule has 2 atom stereocenters. The van der Waals surface area contributed by atoms with Gasteiger partial charge in [0.05, 0.1) is 11.1 Å². The van der Waals surface area contributed by atoms with Gasteiger partial charge >= 0.3 is 0 Å². The van der Waals surface area contributed by atoms with Gasteiger partial charge in [0, 0.05) is 22.5 Å². The number of thioether (sulfide) groups is 1. The van der Waals surface area contributed by atoms with Gasteiger partial charge in [0.15, 0.2) is 0 Å². The van der Waals surface area contributed by atoms with Crippen molar-refractivity contribution in [3.05, 3.63) is 21.3 Å². The van der Waals surface area contributed by atoms with Crippen LogP contribution in [0.5, 0.6) is 0 Å². The Labute approximate surface area is 97.8 Å². The second kappa shape index (κ2) is 4.88. The molecule has 1 aromatic rings. The molecule has 0 unspecified atom stereocenters. The van der Waals surface area contributed by atoms with Crippen molar-refractivity contribution in [1.82, 2.24) is 0 Å². The lowest BCUT2D eigenvalue weighted by Gasteiger charge is -2.12. The van der Waals surface area contributed by atoms with Crippen LogP contribution in [0.4, 0.5) is 0 Å². The molecule has 0 spiro atoms. The molecule has 4 heteroatoms. The van der Waals surface area contributed by atoms with Crippen molar-refractivity contribution in [3.8, 4) is 0 Å². The average Bonchev–Trinajstić information content (AvgIpc) is 2.72. The molecule has 0 saturated carbocycles. The van der Waals surface area contributed by atoms with Gasteiger partial charge in [-0.2, -0.15) is 11.8 Å². The first kappa shape index (κ1) is 10.8. The van der Waals surface area contributed by atoms with Gasteiger partial charge in [-0.3, -0.25) is 0 Å². The Morgan fingerprint density at radius 3 is 3.14 bits per heavy atom. The first-order valence-electron chi connectivity index (χ1n) is 4.72. The second-order valence-electron chi connectivity index (χ2n) is 3.41. The molecular formula is C10H13ClOS2. The largest absolute Gasteiger partial charge is 0.377 e. The van der Waals surface area contributed by atoms with Gasteiger partial charge in [0.25, 0.3) is 0 Å². The van der Waals surface area contributed by atoms with Crippen molar-refractivity contribution in [2.45, 2.75) is 30.5 Å². The molecule has 14 heavy (non-hydrogen) atoms. The molecule has 0 amide bonds. The maximum Gasteiger partial charge on any atom is 0.0666 e. The SMILES string of the molecule is C[C@@H]1OCC[C@H]1SCc1sccc1Cl. The van der Waals surface area contributed by atoms with Crippen molar-refractivity contribution < 1.29 is 4.74 Å². The fraction of sp³-hybridized carbons (Fsp3) is 0.600. The topological polar surface area (TPSA) is 9.23 Å². The summed E-state index contributed by atoms with van der Waals surface area (Å²) in [6.45, 7) is 3.07. The van der Waals surface area contributed by atoms with Crippen LogP contribution in [-0.2, 0) is 10.5 Å². The Kier molecular flexibility index (Phi) is 3.77. The van der Waals surface area contributed by atoms with Crippen molar-refractivity contribution in [3.63, 3.8) is 0 Å². The summed E-state index contributed by atoms with van der Waals surface area (Å²) in [6.07, 6.45) is 1.58. The number of ether oxygens (including phenoxy) is 1. The first-order chi connectivity index (χ1) is 6.77. The monoisotopic (exact) mass is 248 g/mol. The van der Waals surface area contributed by atoms with Crippen LogP contribution >= 0.6 is 34.7 Å². The number of halogens is 1. The van der Waals surface area contributed by atoms with E-state index in [0.717, 1.165) is 17.4 Å². The maximum absolute atomic E-state index is 6.03. The van der Waals surface area contributed by atoms with Gasteiger partial charge in [-0.15, -0.1) is 11.3 Å². The van der Waals surface area contributed by atoms with Crippen molar-refractivity contribution in [2.75, 3.05) is 6.61 Å². The summed E-state index contributed by atoms with van der Waals surface area (Å²) >= 11 is 9.73. The lowest BCUT2D eigenvalue weighted by Crippen LogP contribution is -2.13. The minimum Gasteiger partial charge on any atom is -0.377 e. The Morgan fingerprint density at radius 1 is 1.71 bits per heavy atom. The van der Waals surface area contributed by atoms with E-state index >= 15 is 0 Å². The number of hydrogen-bond acceptors (Lipinski definition) is 3. The Hall–Kier alpha value is 0.300. The summed E-state index contributed by atoms with van der Waals surface area (Å²) in [5.41, 5.74) is 0. The summed E-state index contributed by atoms with van der Waals surface area (Å²) in [4.78, 5) is 1.29. The number of thiophene rings is 1. The molecule has 2 heterocycles. The fourth-order valence-corrected chi connectivity index (χ4v) is 4.12. The van der Waals surface area contributed by atoms with Crippen LogP contribution in [0, 0.1) is 0 Å². The van der Waals surface area contributed by atoms with E-state index in [4.69, 9.17) is 16.3 Å². The fourth-order valence-electron chi connectivity index (χ4n) is 1.54. The van der Waals surface area contributed by atoms with E-state index in [1.807, 2.05) is 23.2 Å². The number of rotatable bonds is 3. The van der Waals surface area contributed by atoms with E-state index in [2.05, 4.69) is 6.92 Å². The smallest absolute Gasteiger partial charge is 0.0666 e. The highest BCUT2D eigenvalue weighted by atomic mass is 35.5. The van der Waals surface area contributed by atoms with Crippen LogP contribution in [-0.4, -0.2) is 18.0 Å². The third kappa shape index (κ3) is 2.45. The zero-order chi connectivity index (χ0) is 9.97. The number of hydrogen-bond donors (Lipinski definition) is 0. The highest BCUT2D eigenvalue weighted by Gasteiger charge is 2.24.